The third-order valence-electron chi connectivity index (χ3n) is 2.79. The zero-order chi connectivity index (χ0) is 14.9. The Hall–Kier alpha value is -1.83. The van der Waals surface area contributed by atoms with Crippen molar-refractivity contribution in [1.82, 2.24) is 10.2 Å². The number of rotatable bonds is 8. The summed E-state index contributed by atoms with van der Waals surface area (Å²) in [6.45, 7) is 2.29. The molecule has 0 aliphatic rings. The van der Waals surface area contributed by atoms with Crippen molar-refractivity contribution < 1.29 is 14.8 Å². The number of nitrogens with one attached hydrogen (secondary N) is 1. The van der Waals surface area contributed by atoms with E-state index < -0.39 is 0 Å². The first-order valence-corrected chi connectivity index (χ1v) is 7.60. The van der Waals surface area contributed by atoms with E-state index in [1.807, 2.05) is 30.3 Å². The summed E-state index contributed by atoms with van der Waals surface area (Å²) in [7, 11) is 1.67. The molecule has 0 saturated heterocycles. The minimum absolute atomic E-state index is 0.0422. The van der Waals surface area contributed by atoms with Gasteiger partial charge in [-0.05, 0) is 0 Å². The molecule has 0 atom stereocenters. The zero-order valence-corrected chi connectivity index (χ0v) is 12.7. The van der Waals surface area contributed by atoms with Crippen LogP contribution in [0.5, 0.6) is 0 Å². The molecule has 6 nitrogen and oxygen atoms in total. The molecule has 2 rings (SSSR count). The molecular formula is C14H19N4O2S+. The predicted molar refractivity (Wildman–Crippen MR) is 82.1 cm³/mol. The first kappa shape index (κ1) is 15.6. The predicted octanol–water partition coefficient (Wildman–Crippen LogP) is 0.744. The van der Waals surface area contributed by atoms with Crippen LogP contribution in [0.15, 0.2) is 30.3 Å². The van der Waals surface area contributed by atoms with Crippen LogP contribution in [0, 0.1) is 0 Å². The van der Waals surface area contributed by atoms with E-state index in [4.69, 9.17) is 4.74 Å². The summed E-state index contributed by atoms with van der Waals surface area (Å²) < 4.78 is 4.94. The zero-order valence-electron chi connectivity index (χ0n) is 11.9. The molecule has 0 fully saturated rings. The Bertz CT molecular complexity index is 559. The summed E-state index contributed by atoms with van der Waals surface area (Å²) in [5.74, 6) is -0.0422. The van der Waals surface area contributed by atoms with Crippen molar-refractivity contribution in [2.75, 3.05) is 32.1 Å². The molecule has 0 spiro atoms. The molecule has 2 aromatic rings. The van der Waals surface area contributed by atoms with Crippen LogP contribution in [0.1, 0.15) is 6.42 Å². The minimum Gasteiger partial charge on any atom is -0.379 e. The van der Waals surface area contributed by atoms with Gasteiger partial charge in [0.15, 0.2) is 0 Å². The van der Waals surface area contributed by atoms with Crippen molar-refractivity contribution in [2.24, 2.45) is 0 Å². The Morgan fingerprint density at radius 2 is 2.10 bits per heavy atom. The van der Waals surface area contributed by atoms with Gasteiger partial charge in [0.1, 0.15) is 5.01 Å². The van der Waals surface area contributed by atoms with Gasteiger partial charge in [0, 0.05) is 12.7 Å². The number of ether oxygens (including phenoxy) is 1. The van der Waals surface area contributed by atoms with Crippen LogP contribution >= 0.6 is 11.3 Å². The average Bonchev–Trinajstić information content (AvgIpc) is 2.96. The molecule has 3 N–H and O–H groups in total. The Balaban J connectivity index is 1.78. The van der Waals surface area contributed by atoms with Crippen molar-refractivity contribution in [3.63, 3.8) is 0 Å². The van der Waals surface area contributed by atoms with Crippen LogP contribution in [0.4, 0.5) is 5.13 Å². The SMILES string of the molecule is COCC[NH2+]CCC(=O)Nc1nnc(-c2ccccc2)s1. The Labute approximate surface area is 127 Å². The molecule has 0 aliphatic carbocycles. The molecule has 1 aromatic heterocycles. The lowest BCUT2D eigenvalue weighted by atomic mass is 10.2. The monoisotopic (exact) mass is 307 g/mol. The summed E-state index contributed by atoms with van der Waals surface area (Å²) in [5.41, 5.74) is 1.00. The van der Waals surface area contributed by atoms with E-state index in [-0.39, 0.29) is 5.91 Å². The van der Waals surface area contributed by atoms with Gasteiger partial charge in [0.05, 0.1) is 26.1 Å². The Morgan fingerprint density at radius 1 is 1.29 bits per heavy atom. The van der Waals surface area contributed by atoms with E-state index in [0.717, 1.165) is 23.7 Å². The number of quaternary nitrogens is 1. The highest BCUT2D eigenvalue weighted by Gasteiger charge is 2.09. The minimum atomic E-state index is -0.0422. The van der Waals surface area contributed by atoms with Crippen molar-refractivity contribution in [3.8, 4) is 10.6 Å². The second-order valence-corrected chi connectivity index (χ2v) is 5.41. The second-order valence-electron chi connectivity index (χ2n) is 4.44. The van der Waals surface area contributed by atoms with Gasteiger partial charge >= 0.3 is 0 Å². The third kappa shape index (κ3) is 5.22. The molecule has 0 aliphatic heterocycles. The summed E-state index contributed by atoms with van der Waals surface area (Å²) in [4.78, 5) is 11.8. The number of hydrogen-bond donors (Lipinski definition) is 2. The summed E-state index contributed by atoms with van der Waals surface area (Å²) in [6, 6.07) is 9.79. The lowest BCUT2D eigenvalue weighted by molar-refractivity contribution is -0.655. The van der Waals surface area contributed by atoms with E-state index in [9.17, 15) is 4.79 Å². The van der Waals surface area contributed by atoms with Crippen LogP contribution in [0.2, 0.25) is 0 Å². The van der Waals surface area contributed by atoms with E-state index in [2.05, 4.69) is 20.8 Å². The molecule has 21 heavy (non-hydrogen) atoms. The molecule has 0 radical (unpaired) electrons. The molecule has 1 aromatic carbocycles. The summed E-state index contributed by atoms with van der Waals surface area (Å²) in [6.07, 6.45) is 0.448. The van der Waals surface area contributed by atoms with Crippen molar-refractivity contribution in [2.45, 2.75) is 6.42 Å². The van der Waals surface area contributed by atoms with Gasteiger partial charge in [-0.1, -0.05) is 41.7 Å². The molecule has 0 unspecified atom stereocenters. The van der Waals surface area contributed by atoms with Crippen molar-refractivity contribution in [1.29, 1.82) is 0 Å². The van der Waals surface area contributed by atoms with Gasteiger partial charge in [-0.15, -0.1) is 10.2 Å². The van der Waals surface area contributed by atoms with Crippen LogP contribution in [-0.2, 0) is 9.53 Å². The van der Waals surface area contributed by atoms with Gasteiger partial charge in [0.25, 0.3) is 0 Å². The van der Waals surface area contributed by atoms with E-state index in [1.54, 1.807) is 7.11 Å². The molecule has 0 saturated carbocycles. The number of carbonyl (C=O) groups is 1. The Morgan fingerprint density at radius 3 is 2.86 bits per heavy atom. The highest BCUT2D eigenvalue weighted by molar-refractivity contribution is 7.18. The number of nitrogens with two attached hydrogens (primary N) is 1. The number of benzene rings is 1. The number of carbonyl (C=O) groups excluding carboxylic acids is 1. The summed E-state index contributed by atoms with van der Waals surface area (Å²) in [5, 5.41) is 14.3. The fourth-order valence-corrected chi connectivity index (χ4v) is 2.50. The van der Waals surface area contributed by atoms with Gasteiger partial charge < -0.3 is 15.4 Å². The fraction of sp³-hybridized carbons (Fsp3) is 0.357. The van der Waals surface area contributed by atoms with Crippen LogP contribution < -0.4 is 10.6 Å². The van der Waals surface area contributed by atoms with Gasteiger partial charge in [-0.2, -0.15) is 0 Å². The normalized spacial score (nSPS) is 10.5. The van der Waals surface area contributed by atoms with E-state index in [0.29, 0.717) is 18.2 Å². The van der Waals surface area contributed by atoms with E-state index >= 15 is 0 Å². The molecule has 7 heteroatoms. The maximum Gasteiger partial charge on any atom is 0.231 e. The standard InChI is InChI=1S/C14H18N4O2S/c1-20-10-9-15-8-7-12(19)16-14-18-17-13(21-14)11-5-3-2-4-6-11/h2-6,15H,7-10H2,1H3,(H,16,18,19)/p+1. The lowest BCUT2D eigenvalue weighted by Crippen LogP contribution is -2.85. The fourth-order valence-electron chi connectivity index (χ4n) is 1.73. The smallest absolute Gasteiger partial charge is 0.231 e. The average molecular weight is 307 g/mol. The number of amides is 1. The molecular weight excluding hydrogens is 288 g/mol. The van der Waals surface area contributed by atoms with E-state index in [1.165, 1.54) is 11.3 Å². The van der Waals surface area contributed by atoms with Crippen molar-refractivity contribution in [3.05, 3.63) is 30.3 Å². The van der Waals surface area contributed by atoms with Gasteiger partial charge in [-0.25, -0.2) is 0 Å². The largest absolute Gasteiger partial charge is 0.379 e. The van der Waals surface area contributed by atoms with Crippen LogP contribution in [0.3, 0.4) is 0 Å². The maximum atomic E-state index is 11.8. The van der Waals surface area contributed by atoms with Gasteiger partial charge in [0.2, 0.25) is 11.0 Å². The molecule has 0 bridgehead atoms. The number of aromatic nitrogens is 2. The third-order valence-corrected chi connectivity index (χ3v) is 3.68. The summed E-state index contributed by atoms with van der Waals surface area (Å²) >= 11 is 1.38. The van der Waals surface area contributed by atoms with Gasteiger partial charge in [-0.3, -0.25) is 4.79 Å². The first-order valence-electron chi connectivity index (χ1n) is 6.79. The first-order chi connectivity index (χ1) is 10.3. The number of anilines is 1. The van der Waals surface area contributed by atoms with Crippen LogP contribution in [0.25, 0.3) is 10.6 Å². The topological polar surface area (TPSA) is 80.7 Å². The second kappa shape index (κ2) is 8.46. The molecule has 1 amide bonds. The number of methoxy groups -OCH3 is 1. The Kier molecular flexibility index (Phi) is 6.26. The lowest BCUT2D eigenvalue weighted by Gasteiger charge is -2.01. The molecule has 1 heterocycles. The maximum absolute atomic E-state index is 11.8. The van der Waals surface area contributed by atoms with Crippen LogP contribution in [-0.4, -0.2) is 42.9 Å². The number of nitrogens with zero attached hydrogens (tertiary/aromatic N) is 2. The van der Waals surface area contributed by atoms with Crippen molar-refractivity contribution >= 4 is 22.4 Å². The quantitative estimate of drug-likeness (QED) is 0.705. The highest BCUT2D eigenvalue weighted by Crippen LogP contribution is 2.25. The molecule has 112 valence electrons. The highest BCUT2D eigenvalue weighted by atomic mass is 32.1. The number of hydrogen-bond acceptors (Lipinski definition) is 5.